The fourth-order valence-electron chi connectivity index (χ4n) is 3.13. The largest absolute Gasteiger partial charge is 0.493 e. The van der Waals surface area contributed by atoms with E-state index < -0.39 is 0 Å². The number of anilines is 4. The maximum atomic E-state index is 5.59. The van der Waals surface area contributed by atoms with E-state index in [1.165, 1.54) is 0 Å². The Morgan fingerprint density at radius 2 is 0.500 bits per heavy atom. The van der Waals surface area contributed by atoms with Crippen molar-refractivity contribution in [2.75, 3.05) is 49.4 Å². The molecular weight excluding hydrogens is 480 g/mol. The van der Waals surface area contributed by atoms with Crippen molar-refractivity contribution in [2.45, 2.75) is 12.8 Å². The second kappa shape index (κ2) is 15.4. The third-order valence-corrected chi connectivity index (χ3v) is 5.17. The SMILES string of the molecule is Nc1ccc(OCCCOc2ccc(N)cc2)cc1.Nc1ccc(OCCCOc2ccc(N)cc2)cc1. The summed E-state index contributed by atoms with van der Waals surface area (Å²) in [7, 11) is 0. The number of hydrogen-bond donors (Lipinski definition) is 4. The van der Waals surface area contributed by atoms with Crippen molar-refractivity contribution in [1.82, 2.24) is 0 Å². The first kappa shape index (κ1) is 27.9. The lowest BCUT2D eigenvalue weighted by molar-refractivity contribution is 0.247. The first-order valence-electron chi connectivity index (χ1n) is 12.4. The van der Waals surface area contributed by atoms with Gasteiger partial charge in [0.05, 0.1) is 26.4 Å². The van der Waals surface area contributed by atoms with Gasteiger partial charge < -0.3 is 41.9 Å². The third kappa shape index (κ3) is 10.9. The van der Waals surface area contributed by atoms with Crippen LogP contribution in [0.15, 0.2) is 97.1 Å². The monoisotopic (exact) mass is 516 g/mol. The Hall–Kier alpha value is -4.72. The molecule has 38 heavy (non-hydrogen) atoms. The summed E-state index contributed by atoms with van der Waals surface area (Å²) in [5.74, 6) is 3.28. The van der Waals surface area contributed by atoms with E-state index in [2.05, 4.69) is 0 Å². The van der Waals surface area contributed by atoms with Gasteiger partial charge in [0.25, 0.3) is 0 Å². The van der Waals surface area contributed by atoms with Gasteiger partial charge in [-0.15, -0.1) is 0 Å². The molecule has 0 aromatic heterocycles. The lowest BCUT2D eigenvalue weighted by atomic mass is 10.3. The summed E-state index contributed by atoms with van der Waals surface area (Å²) in [4.78, 5) is 0. The summed E-state index contributed by atoms with van der Waals surface area (Å²) < 4.78 is 22.2. The van der Waals surface area contributed by atoms with Gasteiger partial charge >= 0.3 is 0 Å². The summed E-state index contributed by atoms with van der Waals surface area (Å²) in [5.41, 5.74) is 25.3. The zero-order chi connectivity index (χ0) is 27.0. The van der Waals surface area contributed by atoms with Crippen LogP contribution in [0, 0.1) is 0 Å². The van der Waals surface area contributed by atoms with Crippen LogP contribution < -0.4 is 41.9 Å². The summed E-state index contributed by atoms with van der Waals surface area (Å²) in [6.07, 6.45) is 1.63. The van der Waals surface area contributed by atoms with E-state index in [9.17, 15) is 0 Å². The highest BCUT2D eigenvalue weighted by Crippen LogP contribution is 2.16. The Kier molecular flexibility index (Phi) is 11.3. The fourth-order valence-corrected chi connectivity index (χ4v) is 3.13. The molecule has 0 unspecified atom stereocenters. The zero-order valence-electron chi connectivity index (χ0n) is 21.4. The standard InChI is InChI=1S/2C15H18N2O2/c2*16-12-2-6-14(7-3-12)18-10-1-11-19-15-8-4-13(17)5-9-15/h2*2-9H,1,10-11,16-17H2. The molecule has 0 heterocycles. The molecule has 0 fully saturated rings. The van der Waals surface area contributed by atoms with E-state index in [-0.39, 0.29) is 0 Å². The molecule has 0 saturated carbocycles. The van der Waals surface area contributed by atoms with Crippen LogP contribution in [0.5, 0.6) is 23.0 Å². The van der Waals surface area contributed by atoms with Gasteiger partial charge in [-0.3, -0.25) is 0 Å². The quantitative estimate of drug-likeness (QED) is 0.145. The minimum absolute atomic E-state index is 0.610. The Bertz CT molecular complexity index is 991. The molecule has 8 nitrogen and oxygen atoms in total. The molecule has 200 valence electrons. The van der Waals surface area contributed by atoms with Crippen molar-refractivity contribution in [3.63, 3.8) is 0 Å². The molecule has 0 radical (unpaired) electrons. The van der Waals surface area contributed by atoms with Crippen LogP contribution in [0.2, 0.25) is 0 Å². The Morgan fingerprint density at radius 3 is 0.684 bits per heavy atom. The van der Waals surface area contributed by atoms with E-state index >= 15 is 0 Å². The van der Waals surface area contributed by atoms with Gasteiger partial charge in [-0.25, -0.2) is 0 Å². The Balaban J connectivity index is 0.000000211. The van der Waals surface area contributed by atoms with Crippen molar-refractivity contribution in [3.8, 4) is 23.0 Å². The van der Waals surface area contributed by atoms with Crippen molar-refractivity contribution in [2.24, 2.45) is 0 Å². The van der Waals surface area contributed by atoms with Gasteiger partial charge in [-0.1, -0.05) is 0 Å². The van der Waals surface area contributed by atoms with Crippen LogP contribution in [-0.4, -0.2) is 26.4 Å². The predicted octanol–water partition coefficient (Wildman–Crippen LogP) is 5.40. The summed E-state index contributed by atoms with van der Waals surface area (Å²) in [6.45, 7) is 2.44. The predicted molar refractivity (Wildman–Crippen MR) is 155 cm³/mol. The molecule has 4 rings (SSSR count). The van der Waals surface area contributed by atoms with Crippen molar-refractivity contribution in [1.29, 1.82) is 0 Å². The van der Waals surface area contributed by atoms with Gasteiger partial charge in [0, 0.05) is 35.6 Å². The normalized spacial score (nSPS) is 10.1. The topological polar surface area (TPSA) is 141 Å². The molecule has 8 N–H and O–H groups in total. The van der Waals surface area contributed by atoms with Crippen LogP contribution in [-0.2, 0) is 0 Å². The fraction of sp³-hybridized carbons (Fsp3) is 0.200. The minimum Gasteiger partial charge on any atom is -0.493 e. The third-order valence-electron chi connectivity index (χ3n) is 5.17. The van der Waals surface area contributed by atoms with E-state index in [0.29, 0.717) is 26.4 Å². The number of benzene rings is 4. The van der Waals surface area contributed by atoms with Gasteiger partial charge in [-0.05, 0) is 97.1 Å². The molecule has 0 aliphatic heterocycles. The summed E-state index contributed by atoms with van der Waals surface area (Å²) in [5, 5.41) is 0. The second-order valence-electron chi connectivity index (χ2n) is 8.38. The number of ether oxygens (including phenoxy) is 4. The Morgan fingerprint density at radius 1 is 0.316 bits per heavy atom. The van der Waals surface area contributed by atoms with Crippen LogP contribution in [0.3, 0.4) is 0 Å². The molecule has 0 saturated heterocycles. The minimum atomic E-state index is 0.610. The summed E-state index contributed by atoms with van der Waals surface area (Å²) in [6, 6.07) is 29.4. The first-order chi connectivity index (χ1) is 18.5. The molecule has 4 aromatic carbocycles. The number of nitrogen functional groups attached to an aromatic ring is 4. The zero-order valence-corrected chi connectivity index (χ0v) is 21.4. The number of rotatable bonds is 12. The average Bonchev–Trinajstić information content (AvgIpc) is 2.93. The molecule has 0 atom stereocenters. The molecule has 8 heteroatoms. The molecule has 0 aliphatic rings. The van der Waals surface area contributed by atoms with E-state index in [4.69, 9.17) is 41.9 Å². The highest BCUT2D eigenvalue weighted by Gasteiger charge is 1.97. The lowest BCUT2D eigenvalue weighted by Crippen LogP contribution is -2.05. The molecule has 0 spiro atoms. The Labute approximate surface area is 224 Å². The van der Waals surface area contributed by atoms with Gasteiger partial charge in [0.1, 0.15) is 23.0 Å². The van der Waals surface area contributed by atoms with Gasteiger partial charge in [-0.2, -0.15) is 0 Å². The molecule has 0 amide bonds. The average molecular weight is 517 g/mol. The first-order valence-corrected chi connectivity index (χ1v) is 12.4. The van der Waals surface area contributed by atoms with Crippen LogP contribution in [0.25, 0.3) is 0 Å². The lowest BCUT2D eigenvalue weighted by Gasteiger charge is -2.08. The van der Waals surface area contributed by atoms with E-state index in [1.807, 2.05) is 97.1 Å². The highest BCUT2D eigenvalue weighted by molar-refractivity contribution is 5.43. The molecule has 0 bridgehead atoms. The van der Waals surface area contributed by atoms with Crippen molar-refractivity contribution in [3.05, 3.63) is 97.1 Å². The second-order valence-corrected chi connectivity index (χ2v) is 8.38. The van der Waals surface area contributed by atoms with Gasteiger partial charge in [0.15, 0.2) is 0 Å². The van der Waals surface area contributed by atoms with Gasteiger partial charge in [0.2, 0.25) is 0 Å². The number of hydrogen-bond acceptors (Lipinski definition) is 8. The molecular formula is C30H36N4O4. The van der Waals surface area contributed by atoms with Crippen LogP contribution in [0.1, 0.15) is 12.8 Å². The van der Waals surface area contributed by atoms with E-state index in [1.54, 1.807) is 0 Å². The summed E-state index contributed by atoms with van der Waals surface area (Å²) >= 11 is 0. The molecule has 0 aliphatic carbocycles. The van der Waals surface area contributed by atoms with Crippen molar-refractivity contribution < 1.29 is 18.9 Å². The smallest absolute Gasteiger partial charge is 0.119 e. The van der Waals surface area contributed by atoms with Crippen LogP contribution >= 0.6 is 0 Å². The molecule has 4 aromatic rings. The van der Waals surface area contributed by atoms with Crippen LogP contribution in [0.4, 0.5) is 22.7 Å². The van der Waals surface area contributed by atoms with E-state index in [0.717, 1.165) is 58.6 Å². The number of nitrogens with two attached hydrogens (primary N) is 4. The highest BCUT2D eigenvalue weighted by atomic mass is 16.5. The maximum absolute atomic E-state index is 5.59. The van der Waals surface area contributed by atoms with Crippen molar-refractivity contribution >= 4 is 22.7 Å². The maximum Gasteiger partial charge on any atom is 0.119 e.